The number of aromatic nitrogens is 5. The Labute approximate surface area is 227 Å². The van der Waals surface area contributed by atoms with Crippen LogP contribution >= 0.6 is 0 Å². The Kier molecular flexibility index (Phi) is 7.14. The van der Waals surface area contributed by atoms with Crippen molar-refractivity contribution < 1.29 is 4.39 Å². The molecule has 7 nitrogen and oxygen atoms in total. The zero-order chi connectivity index (χ0) is 27.7. The van der Waals surface area contributed by atoms with Crippen molar-refractivity contribution in [3.05, 3.63) is 123 Å². The largest absolute Gasteiger partial charge is 0.321 e. The highest BCUT2D eigenvalue weighted by atomic mass is 19.1. The highest BCUT2D eigenvalue weighted by molar-refractivity contribution is 5.83. The third-order valence-corrected chi connectivity index (χ3v) is 6.88. The van der Waals surface area contributed by atoms with Gasteiger partial charge >= 0.3 is 0 Å². The topological polar surface area (TPSA) is 79.7 Å². The van der Waals surface area contributed by atoms with Gasteiger partial charge in [-0.25, -0.2) is 9.07 Å². The SMILES string of the molecule is Cc1cc(C)c2[nH]c(=O)c([C@H](c3nnnn3C(C)(C)C)N(Cc3ccccc3)Cc3ccc(F)cc3)cc2c1. The van der Waals surface area contributed by atoms with E-state index in [1.54, 1.807) is 16.8 Å². The Hall–Kier alpha value is -4.17. The Morgan fingerprint density at radius 1 is 0.949 bits per heavy atom. The monoisotopic (exact) mass is 524 g/mol. The van der Waals surface area contributed by atoms with Crippen LogP contribution in [0.4, 0.5) is 4.39 Å². The molecule has 2 heterocycles. The number of pyridine rings is 1. The molecule has 39 heavy (non-hydrogen) atoms. The first-order valence-corrected chi connectivity index (χ1v) is 13.1. The van der Waals surface area contributed by atoms with Gasteiger partial charge in [-0.15, -0.1) is 5.10 Å². The zero-order valence-corrected chi connectivity index (χ0v) is 22.9. The second kappa shape index (κ2) is 10.5. The number of benzene rings is 3. The third-order valence-electron chi connectivity index (χ3n) is 6.88. The molecule has 0 amide bonds. The maximum absolute atomic E-state index is 13.8. The quantitative estimate of drug-likeness (QED) is 0.290. The summed E-state index contributed by atoms with van der Waals surface area (Å²) in [7, 11) is 0. The summed E-state index contributed by atoms with van der Waals surface area (Å²) >= 11 is 0. The molecule has 0 bridgehead atoms. The van der Waals surface area contributed by atoms with Gasteiger partial charge in [-0.1, -0.05) is 54.1 Å². The Morgan fingerprint density at radius 3 is 2.28 bits per heavy atom. The number of aromatic amines is 1. The summed E-state index contributed by atoms with van der Waals surface area (Å²) in [4.78, 5) is 19.1. The molecule has 0 aliphatic carbocycles. The van der Waals surface area contributed by atoms with E-state index in [9.17, 15) is 9.18 Å². The molecule has 0 aliphatic rings. The standard InChI is InChI=1S/C31H33FN6O/c1-20-15-21(2)27-24(16-20)17-26(30(39)33-27)28(29-34-35-36-38(29)31(3,4)5)37(18-22-9-7-6-8-10-22)19-23-11-13-25(32)14-12-23/h6-17,28H,18-19H2,1-5H3,(H,33,39)/t28-/m1/s1. The summed E-state index contributed by atoms with van der Waals surface area (Å²) in [6.45, 7) is 11.1. The number of aryl methyl sites for hydroxylation is 2. The van der Waals surface area contributed by atoms with Crippen LogP contribution in [0.25, 0.3) is 10.9 Å². The van der Waals surface area contributed by atoms with Gasteiger partial charge in [0.25, 0.3) is 5.56 Å². The van der Waals surface area contributed by atoms with E-state index >= 15 is 0 Å². The van der Waals surface area contributed by atoms with Crippen molar-refractivity contribution >= 4 is 10.9 Å². The molecular weight excluding hydrogens is 491 g/mol. The number of H-pyrrole nitrogens is 1. The second-order valence-electron chi connectivity index (χ2n) is 11.1. The molecule has 0 aliphatic heterocycles. The fraction of sp³-hybridized carbons (Fsp3) is 0.290. The van der Waals surface area contributed by atoms with Gasteiger partial charge in [0.1, 0.15) is 11.9 Å². The van der Waals surface area contributed by atoms with Gasteiger partial charge in [0.15, 0.2) is 5.82 Å². The van der Waals surface area contributed by atoms with E-state index in [0.717, 1.165) is 33.2 Å². The van der Waals surface area contributed by atoms with Crippen LogP contribution in [0.3, 0.4) is 0 Å². The molecule has 1 atom stereocenters. The molecule has 1 N–H and O–H groups in total. The van der Waals surface area contributed by atoms with E-state index in [1.165, 1.54) is 12.1 Å². The molecule has 0 spiro atoms. The maximum Gasteiger partial charge on any atom is 0.253 e. The van der Waals surface area contributed by atoms with Crippen molar-refractivity contribution in [2.75, 3.05) is 0 Å². The minimum atomic E-state index is -0.585. The summed E-state index contributed by atoms with van der Waals surface area (Å²) in [5, 5.41) is 13.8. The molecule has 0 saturated carbocycles. The Morgan fingerprint density at radius 2 is 1.62 bits per heavy atom. The van der Waals surface area contributed by atoms with E-state index in [4.69, 9.17) is 0 Å². The number of nitrogens with one attached hydrogen (secondary N) is 1. The van der Waals surface area contributed by atoms with Crippen LogP contribution in [0.5, 0.6) is 0 Å². The second-order valence-corrected chi connectivity index (χ2v) is 11.1. The number of fused-ring (bicyclic) bond motifs is 1. The first-order valence-electron chi connectivity index (χ1n) is 13.1. The molecule has 8 heteroatoms. The minimum absolute atomic E-state index is 0.194. The van der Waals surface area contributed by atoms with E-state index < -0.39 is 11.6 Å². The lowest BCUT2D eigenvalue weighted by Crippen LogP contribution is -2.37. The van der Waals surface area contributed by atoms with E-state index in [-0.39, 0.29) is 11.4 Å². The summed E-state index contributed by atoms with van der Waals surface area (Å²) in [5.74, 6) is 0.271. The highest BCUT2D eigenvalue weighted by Crippen LogP contribution is 2.32. The molecule has 2 aromatic heterocycles. The zero-order valence-electron chi connectivity index (χ0n) is 22.9. The van der Waals surface area contributed by atoms with Crippen LogP contribution in [0.2, 0.25) is 0 Å². The predicted molar refractivity (Wildman–Crippen MR) is 151 cm³/mol. The van der Waals surface area contributed by atoms with Gasteiger partial charge in [-0.05, 0) is 91.4 Å². The highest BCUT2D eigenvalue weighted by Gasteiger charge is 2.33. The van der Waals surface area contributed by atoms with Gasteiger partial charge in [0.05, 0.1) is 11.1 Å². The maximum atomic E-state index is 13.8. The van der Waals surface area contributed by atoms with E-state index in [1.807, 2.05) is 58.9 Å². The minimum Gasteiger partial charge on any atom is -0.321 e. The van der Waals surface area contributed by atoms with Crippen LogP contribution in [-0.4, -0.2) is 30.1 Å². The normalized spacial score (nSPS) is 12.8. The molecule has 5 rings (SSSR count). The first kappa shape index (κ1) is 26.4. The molecule has 5 aromatic rings. The Balaban J connectivity index is 1.75. The molecule has 0 saturated heterocycles. The number of nitrogens with zero attached hydrogens (tertiary/aromatic N) is 5. The number of halogens is 1. The number of hydrogen-bond donors (Lipinski definition) is 1. The van der Waals surface area contributed by atoms with Crippen molar-refractivity contribution in [1.29, 1.82) is 0 Å². The third kappa shape index (κ3) is 5.66. The van der Waals surface area contributed by atoms with Gasteiger partial charge in [-0.3, -0.25) is 9.69 Å². The summed E-state index contributed by atoms with van der Waals surface area (Å²) < 4.78 is 15.6. The fourth-order valence-corrected chi connectivity index (χ4v) is 5.13. The smallest absolute Gasteiger partial charge is 0.253 e. The lowest BCUT2D eigenvalue weighted by Gasteiger charge is -2.33. The van der Waals surface area contributed by atoms with E-state index in [2.05, 4.69) is 49.7 Å². The van der Waals surface area contributed by atoms with Gasteiger partial charge in [-0.2, -0.15) is 0 Å². The average molecular weight is 525 g/mol. The van der Waals surface area contributed by atoms with Crippen molar-refractivity contribution in [2.45, 2.75) is 59.3 Å². The summed E-state index contributed by atoms with van der Waals surface area (Å²) in [6.07, 6.45) is 0. The number of hydrogen-bond acceptors (Lipinski definition) is 5. The predicted octanol–water partition coefficient (Wildman–Crippen LogP) is 5.82. The lowest BCUT2D eigenvalue weighted by molar-refractivity contribution is 0.184. The number of tetrazole rings is 1. The molecular formula is C31H33FN6O. The molecule has 0 radical (unpaired) electrons. The number of rotatable bonds is 7. The van der Waals surface area contributed by atoms with Crippen molar-refractivity contribution in [3.8, 4) is 0 Å². The summed E-state index contributed by atoms with van der Waals surface area (Å²) in [5.41, 5.74) is 4.85. The molecule has 3 aromatic carbocycles. The van der Waals surface area contributed by atoms with Crippen LogP contribution in [0.1, 0.15) is 60.5 Å². The molecule has 0 fully saturated rings. The summed E-state index contributed by atoms with van der Waals surface area (Å²) in [6, 6.07) is 22.0. The van der Waals surface area contributed by atoms with E-state index in [0.29, 0.717) is 24.5 Å². The fourth-order valence-electron chi connectivity index (χ4n) is 5.13. The van der Waals surface area contributed by atoms with Gasteiger partial charge in [0.2, 0.25) is 0 Å². The van der Waals surface area contributed by atoms with Crippen LogP contribution in [0.15, 0.2) is 77.6 Å². The molecule has 0 unspecified atom stereocenters. The van der Waals surface area contributed by atoms with Crippen molar-refractivity contribution in [2.24, 2.45) is 0 Å². The lowest BCUT2D eigenvalue weighted by atomic mass is 9.98. The molecule has 200 valence electrons. The van der Waals surface area contributed by atoms with Crippen LogP contribution in [0, 0.1) is 19.7 Å². The van der Waals surface area contributed by atoms with Gasteiger partial charge < -0.3 is 4.98 Å². The Bertz CT molecular complexity index is 1650. The van der Waals surface area contributed by atoms with Crippen molar-refractivity contribution in [3.63, 3.8) is 0 Å². The van der Waals surface area contributed by atoms with Crippen LogP contribution < -0.4 is 5.56 Å². The van der Waals surface area contributed by atoms with Crippen molar-refractivity contribution in [1.82, 2.24) is 30.1 Å². The van der Waals surface area contributed by atoms with Gasteiger partial charge in [0, 0.05) is 18.7 Å². The average Bonchev–Trinajstić information content (AvgIpc) is 3.37. The van der Waals surface area contributed by atoms with Crippen LogP contribution in [-0.2, 0) is 18.6 Å². The first-order chi connectivity index (χ1) is 18.6.